The van der Waals surface area contributed by atoms with Gasteiger partial charge in [0.1, 0.15) is 0 Å². The van der Waals surface area contributed by atoms with Crippen LogP contribution in [0.2, 0.25) is 0 Å². The molecule has 0 aromatic heterocycles. The monoisotopic (exact) mass is 215 g/mol. The van der Waals surface area contributed by atoms with Crippen LogP contribution in [0.1, 0.15) is 5.56 Å². The van der Waals surface area contributed by atoms with E-state index in [2.05, 4.69) is 22.9 Å². The number of nitriles is 1. The number of hydrogen-bond donors (Lipinski definition) is 2. The minimum absolute atomic E-state index is 0. The molecule has 0 fully saturated rings. The summed E-state index contributed by atoms with van der Waals surface area (Å²) in [5.74, 6) is 0. The molecule has 0 aliphatic rings. The van der Waals surface area contributed by atoms with Crippen LogP contribution in [0.25, 0.3) is 0 Å². The van der Waals surface area contributed by atoms with E-state index in [0.717, 1.165) is 11.3 Å². The molecule has 0 radical (unpaired) electrons. The van der Waals surface area contributed by atoms with Gasteiger partial charge in [0.25, 0.3) is 0 Å². The molecule has 14 heavy (non-hydrogen) atoms. The van der Waals surface area contributed by atoms with Crippen molar-refractivity contribution in [1.82, 2.24) is 0 Å². The second kappa shape index (κ2) is 6.91. The molecular weight excluding hydrogens is 205 g/mol. The first kappa shape index (κ1) is 13.5. The SMILES string of the molecule is Cc1cccc(NC(S)=NC#N)c1.[NaH]. The molecule has 68 valence electrons. The Morgan fingerprint density at radius 1 is 1.57 bits per heavy atom. The molecule has 0 aliphatic heterocycles. The van der Waals surface area contributed by atoms with Gasteiger partial charge in [-0.3, -0.25) is 0 Å². The van der Waals surface area contributed by atoms with E-state index in [0.29, 0.717) is 5.17 Å². The molecule has 0 bridgehead atoms. The summed E-state index contributed by atoms with van der Waals surface area (Å²) in [6, 6.07) is 7.75. The standard InChI is InChI=1S/C9H9N3S.Na.H/c1-7-3-2-4-8(5-7)12-9(13)11-6-10;;/h2-5H,1H3,(H2,11,12,13);;. The van der Waals surface area contributed by atoms with E-state index in [-0.39, 0.29) is 29.6 Å². The van der Waals surface area contributed by atoms with E-state index >= 15 is 0 Å². The van der Waals surface area contributed by atoms with Crippen LogP contribution in [0.15, 0.2) is 29.3 Å². The first-order valence-electron chi connectivity index (χ1n) is 3.72. The number of aliphatic imine (C=N–C) groups is 1. The second-order valence-corrected chi connectivity index (χ2v) is 2.95. The first-order valence-corrected chi connectivity index (χ1v) is 4.16. The van der Waals surface area contributed by atoms with Gasteiger partial charge in [0, 0.05) is 5.69 Å². The van der Waals surface area contributed by atoms with Crippen LogP contribution in [-0.4, -0.2) is 34.7 Å². The Morgan fingerprint density at radius 3 is 2.86 bits per heavy atom. The van der Waals surface area contributed by atoms with Gasteiger partial charge in [-0.25, -0.2) is 0 Å². The number of nitrogens with one attached hydrogen (secondary N) is 1. The number of anilines is 1. The summed E-state index contributed by atoms with van der Waals surface area (Å²) in [6.45, 7) is 1.99. The molecule has 0 saturated carbocycles. The fourth-order valence-electron chi connectivity index (χ4n) is 0.927. The Bertz CT molecular complexity index is 371. The summed E-state index contributed by atoms with van der Waals surface area (Å²) in [5.41, 5.74) is 2.02. The van der Waals surface area contributed by atoms with Crippen molar-refractivity contribution in [3.63, 3.8) is 0 Å². The number of hydrogen-bond acceptors (Lipinski definition) is 2. The molecule has 1 aromatic rings. The third kappa shape index (κ3) is 4.68. The Labute approximate surface area is 111 Å². The zero-order valence-electron chi connectivity index (χ0n) is 7.15. The Balaban J connectivity index is 0.00000169. The van der Waals surface area contributed by atoms with E-state index in [1.807, 2.05) is 31.2 Å². The van der Waals surface area contributed by atoms with Crippen molar-refractivity contribution in [1.29, 1.82) is 5.26 Å². The summed E-state index contributed by atoms with van der Waals surface area (Å²) >= 11 is 3.97. The number of nitrogens with zero attached hydrogens (tertiary/aromatic N) is 2. The fourth-order valence-corrected chi connectivity index (χ4v) is 1.10. The average Bonchev–Trinajstić information content (AvgIpc) is 2.04. The molecule has 0 spiro atoms. The molecule has 1 aromatic carbocycles. The van der Waals surface area contributed by atoms with Crippen molar-refractivity contribution in [3.8, 4) is 6.19 Å². The van der Waals surface area contributed by atoms with Crippen LogP contribution in [0.3, 0.4) is 0 Å². The number of benzene rings is 1. The number of amidine groups is 1. The van der Waals surface area contributed by atoms with Gasteiger partial charge in [0.15, 0.2) is 5.17 Å². The van der Waals surface area contributed by atoms with Crippen LogP contribution in [0.4, 0.5) is 5.69 Å². The number of thiol groups is 1. The number of rotatable bonds is 1. The summed E-state index contributed by atoms with van der Waals surface area (Å²) in [6.07, 6.45) is 1.65. The normalized spacial score (nSPS) is 9.93. The van der Waals surface area contributed by atoms with Gasteiger partial charge in [-0.05, 0) is 24.6 Å². The maximum absolute atomic E-state index is 8.24. The predicted molar refractivity (Wildman–Crippen MR) is 64.0 cm³/mol. The molecule has 0 unspecified atom stereocenters. The van der Waals surface area contributed by atoms with Crippen molar-refractivity contribution in [3.05, 3.63) is 29.8 Å². The molecule has 0 saturated heterocycles. The van der Waals surface area contributed by atoms with Gasteiger partial charge in [0.05, 0.1) is 0 Å². The summed E-state index contributed by atoms with van der Waals surface area (Å²) in [5, 5.41) is 11.4. The Kier molecular flexibility index (Phi) is 6.67. The van der Waals surface area contributed by atoms with Crippen LogP contribution in [0, 0.1) is 18.4 Å². The van der Waals surface area contributed by atoms with Crippen molar-refractivity contribution in [2.24, 2.45) is 4.99 Å². The van der Waals surface area contributed by atoms with Crippen LogP contribution < -0.4 is 5.32 Å². The van der Waals surface area contributed by atoms with E-state index in [1.54, 1.807) is 6.19 Å². The molecular formula is C9H10N3NaS. The molecule has 0 heterocycles. The second-order valence-electron chi connectivity index (χ2n) is 2.53. The van der Waals surface area contributed by atoms with Crippen molar-refractivity contribution in [2.75, 3.05) is 5.32 Å². The quantitative estimate of drug-likeness (QED) is 0.245. The molecule has 1 rings (SSSR count). The minimum atomic E-state index is 0. The van der Waals surface area contributed by atoms with Gasteiger partial charge >= 0.3 is 29.6 Å². The van der Waals surface area contributed by atoms with Gasteiger partial charge in [-0.2, -0.15) is 5.26 Å². The maximum atomic E-state index is 8.24. The van der Waals surface area contributed by atoms with E-state index in [9.17, 15) is 0 Å². The molecule has 0 aliphatic carbocycles. The summed E-state index contributed by atoms with van der Waals surface area (Å²) in [7, 11) is 0. The Hall–Kier alpha value is -0.470. The topological polar surface area (TPSA) is 48.2 Å². The molecule has 1 N–H and O–H groups in total. The van der Waals surface area contributed by atoms with Gasteiger partial charge < -0.3 is 5.32 Å². The molecule has 0 atom stereocenters. The van der Waals surface area contributed by atoms with E-state index in [1.165, 1.54) is 0 Å². The predicted octanol–water partition coefficient (Wildman–Crippen LogP) is 1.53. The van der Waals surface area contributed by atoms with Crippen molar-refractivity contribution < 1.29 is 0 Å². The molecule has 0 amide bonds. The molecule has 3 nitrogen and oxygen atoms in total. The van der Waals surface area contributed by atoms with E-state index < -0.39 is 0 Å². The van der Waals surface area contributed by atoms with Gasteiger partial charge in [0.2, 0.25) is 6.19 Å². The van der Waals surface area contributed by atoms with Crippen molar-refractivity contribution in [2.45, 2.75) is 6.92 Å². The van der Waals surface area contributed by atoms with E-state index in [4.69, 9.17) is 5.26 Å². The van der Waals surface area contributed by atoms with Crippen LogP contribution >= 0.6 is 12.6 Å². The van der Waals surface area contributed by atoms with Gasteiger partial charge in [-0.15, -0.1) is 17.6 Å². The summed E-state index contributed by atoms with van der Waals surface area (Å²) < 4.78 is 0. The van der Waals surface area contributed by atoms with Gasteiger partial charge in [-0.1, -0.05) is 12.1 Å². The fraction of sp³-hybridized carbons (Fsp3) is 0.111. The average molecular weight is 215 g/mol. The van der Waals surface area contributed by atoms with Crippen molar-refractivity contribution >= 4 is 53.0 Å². The summed E-state index contributed by atoms with van der Waals surface area (Å²) in [4.78, 5) is 3.42. The molecule has 5 heteroatoms. The number of aryl methyl sites for hydroxylation is 1. The van der Waals surface area contributed by atoms with Crippen LogP contribution in [-0.2, 0) is 0 Å². The van der Waals surface area contributed by atoms with Crippen LogP contribution in [0.5, 0.6) is 0 Å². The zero-order chi connectivity index (χ0) is 9.68. The third-order valence-electron chi connectivity index (χ3n) is 1.43. The third-order valence-corrected chi connectivity index (χ3v) is 1.64. The first-order chi connectivity index (χ1) is 6.22. The Morgan fingerprint density at radius 2 is 2.29 bits per heavy atom. The zero-order valence-corrected chi connectivity index (χ0v) is 8.05.